The van der Waals surface area contributed by atoms with Gasteiger partial charge < -0.3 is 9.64 Å². The van der Waals surface area contributed by atoms with E-state index in [-0.39, 0.29) is 5.75 Å². The van der Waals surface area contributed by atoms with Crippen LogP contribution in [0.1, 0.15) is 17.1 Å². The lowest BCUT2D eigenvalue weighted by molar-refractivity contribution is -0.274. The first kappa shape index (κ1) is 16.1. The van der Waals surface area contributed by atoms with E-state index in [1.807, 2.05) is 24.9 Å². The Kier molecular flexibility index (Phi) is 4.54. The Balaban J connectivity index is 2.14. The molecule has 118 valence electrons. The van der Waals surface area contributed by atoms with Crippen LogP contribution in [-0.4, -0.2) is 23.4 Å². The zero-order chi connectivity index (χ0) is 16.3. The lowest BCUT2D eigenvalue weighted by Crippen LogP contribution is -2.19. The Hall–Kier alpha value is -2.31. The minimum absolute atomic E-state index is 0.228. The largest absolute Gasteiger partial charge is 0.573 e. The minimum Gasteiger partial charge on any atom is -0.406 e. The molecule has 7 heteroatoms. The van der Waals surface area contributed by atoms with Crippen molar-refractivity contribution in [3.8, 4) is 5.75 Å². The maximum atomic E-state index is 12.2. The second-order valence-electron chi connectivity index (χ2n) is 4.97. The Morgan fingerprint density at radius 2 is 1.86 bits per heavy atom. The summed E-state index contributed by atoms with van der Waals surface area (Å²) in [5.74, 6) is 1.14. The van der Waals surface area contributed by atoms with Gasteiger partial charge in [-0.2, -0.15) is 0 Å². The van der Waals surface area contributed by atoms with E-state index in [0.29, 0.717) is 23.8 Å². The van der Waals surface area contributed by atoms with Crippen LogP contribution in [-0.2, 0) is 6.54 Å². The van der Waals surface area contributed by atoms with E-state index >= 15 is 0 Å². The smallest absolute Gasteiger partial charge is 0.406 e. The van der Waals surface area contributed by atoms with Gasteiger partial charge in [-0.25, -0.2) is 9.97 Å². The fourth-order valence-corrected chi connectivity index (χ4v) is 2.09. The van der Waals surface area contributed by atoms with Crippen molar-refractivity contribution in [3.63, 3.8) is 0 Å². The molecule has 0 aliphatic heterocycles. The van der Waals surface area contributed by atoms with Gasteiger partial charge in [0.05, 0.1) is 0 Å². The standard InChI is InChI=1S/C15H16F3N3O/c1-10-7-14(20-11(2)19-10)21(3)9-12-5-4-6-13(8-12)22-15(16,17)18/h4-8H,9H2,1-3H3. The number of hydrogen-bond donors (Lipinski definition) is 0. The Labute approximate surface area is 126 Å². The Bertz CT molecular complexity index is 638. The van der Waals surface area contributed by atoms with Crippen LogP contribution >= 0.6 is 0 Å². The third-order valence-electron chi connectivity index (χ3n) is 2.90. The van der Waals surface area contributed by atoms with Crippen LogP contribution in [0.15, 0.2) is 30.3 Å². The number of ether oxygens (including phenoxy) is 1. The third kappa shape index (κ3) is 4.61. The van der Waals surface area contributed by atoms with E-state index in [9.17, 15) is 13.2 Å². The lowest BCUT2D eigenvalue weighted by atomic mass is 10.2. The Morgan fingerprint density at radius 3 is 2.50 bits per heavy atom. The average molecular weight is 311 g/mol. The normalized spacial score (nSPS) is 11.4. The molecule has 0 amide bonds. The molecule has 0 unspecified atom stereocenters. The van der Waals surface area contributed by atoms with E-state index in [1.165, 1.54) is 18.2 Å². The fraction of sp³-hybridized carbons (Fsp3) is 0.333. The van der Waals surface area contributed by atoms with Gasteiger partial charge in [0.2, 0.25) is 0 Å². The number of benzene rings is 1. The summed E-state index contributed by atoms with van der Waals surface area (Å²) in [5, 5.41) is 0. The first-order valence-electron chi connectivity index (χ1n) is 6.61. The van der Waals surface area contributed by atoms with Crippen molar-refractivity contribution in [1.29, 1.82) is 0 Å². The zero-order valence-corrected chi connectivity index (χ0v) is 12.5. The molecular formula is C15H16F3N3O. The molecular weight excluding hydrogens is 295 g/mol. The highest BCUT2D eigenvalue weighted by atomic mass is 19.4. The molecule has 0 aliphatic rings. The minimum atomic E-state index is -4.69. The number of hydrogen-bond acceptors (Lipinski definition) is 4. The maximum Gasteiger partial charge on any atom is 0.573 e. The second-order valence-corrected chi connectivity index (χ2v) is 4.97. The van der Waals surface area contributed by atoms with E-state index in [2.05, 4.69) is 14.7 Å². The predicted octanol–water partition coefficient (Wildman–Crippen LogP) is 3.63. The van der Waals surface area contributed by atoms with Gasteiger partial charge in [-0.1, -0.05) is 12.1 Å². The van der Waals surface area contributed by atoms with Crippen LogP contribution in [0.5, 0.6) is 5.75 Å². The summed E-state index contributed by atoms with van der Waals surface area (Å²) in [7, 11) is 1.82. The van der Waals surface area contributed by atoms with Crippen LogP contribution in [0.4, 0.5) is 19.0 Å². The summed E-state index contributed by atoms with van der Waals surface area (Å²) in [6, 6.07) is 7.73. The van der Waals surface area contributed by atoms with Crippen LogP contribution in [0, 0.1) is 13.8 Å². The molecule has 0 N–H and O–H groups in total. The van der Waals surface area contributed by atoms with Crippen molar-refractivity contribution in [2.45, 2.75) is 26.8 Å². The number of halogens is 3. The van der Waals surface area contributed by atoms with Crippen molar-refractivity contribution >= 4 is 5.82 Å². The molecule has 0 spiro atoms. The molecule has 2 aromatic rings. The lowest BCUT2D eigenvalue weighted by Gasteiger charge is -2.19. The highest BCUT2D eigenvalue weighted by Crippen LogP contribution is 2.24. The molecule has 0 atom stereocenters. The molecule has 2 rings (SSSR count). The summed E-state index contributed by atoms with van der Waals surface area (Å²) in [5.41, 5.74) is 1.53. The van der Waals surface area contributed by atoms with Gasteiger partial charge in [0.15, 0.2) is 0 Å². The first-order chi connectivity index (χ1) is 10.2. The van der Waals surface area contributed by atoms with E-state index in [1.54, 1.807) is 13.0 Å². The fourth-order valence-electron chi connectivity index (χ4n) is 2.09. The molecule has 0 bridgehead atoms. The zero-order valence-electron chi connectivity index (χ0n) is 12.5. The number of rotatable bonds is 4. The van der Waals surface area contributed by atoms with Crippen LogP contribution in [0.25, 0.3) is 0 Å². The highest BCUT2D eigenvalue weighted by Gasteiger charge is 2.31. The number of nitrogens with zero attached hydrogens (tertiary/aromatic N) is 3. The number of aryl methyl sites for hydroxylation is 2. The summed E-state index contributed by atoms with van der Waals surface area (Å²) in [4.78, 5) is 10.4. The molecule has 0 saturated carbocycles. The number of aromatic nitrogens is 2. The molecule has 22 heavy (non-hydrogen) atoms. The maximum absolute atomic E-state index is 12.2. The molecule has 1 aromatic carbocycles. The van der Waals surface area contributed by atoms with Gasteiger partial charge in [0.1, 0.15) is 17.4 Å². The third-order valence-corrected chi connectivity index (χ3v) is 2.90. The topological polar surface area (TPSA) is 38.2 Å². The molecule has 0 saturated heterocycles. The van der Waals surface area contributed by atoms with Crippen LogP contribution in [0.2, 0.25) is 0 Å². The summed E-state index contributed by atoms with van der Waals surface area (Å²) in [6.45, 7) is 4.07. The van der Waals surface area contributed by atoms with Gasteiger partial charge in [0, 0.05) is 25.4 Å². The van der Waals surface area contributed by atoms with Gasteiger partial charge >= 0.3 is 6.36 Å². The monoisotopic (exact) mass is 311 g/mol. The van der Waals surface area contributed by atoms with Gasteiger partial charge in [0.25, 0.3) is 0 Å². The first-order valence-corrected chi connectivity index (χ1v) is 6.61. The molecule has 0 radical (unpaired) electrons. The number of alkyl halides is 3. The highest BCUT2D eigenvalue weighted by molar-refractivity contribution is 5.40. The molecule has 1 heterocycles. The van der Waals surface area contributed by atoms with E-state index in [0.717, 1.165) is 5.69 Å². The van der Waals surface area contributed by atoms with Gasteiger partial charge in [-0.05, 0) is 31.5 Å². The average Bonchev–Trinajstić information content (AvgIpc) is 2.35. The van der Waals surface area contributed by atoms with Crippen molar-refractivity contribution < 1.29 is 17.9 Å². The summed E-state index contributed by atoms with van der Waals surface area (Å²) < 4.78 is 40.6. The molecule has 1 aromatic heterocycles. The van der Waals surface area contributed by atoms with Crippen LogP contribution in [0.3, 0.4) is 0 Å². The predicted molar refractivity (Wildman–Crippen MR) is 76.7 cm³/mol. The van der Waals surface area contributed by atoms with Crippen molar-refractivity contribution in [3.05, 3.63) is 47.4 Å². The van der Waals surface area contributed by atoms with Gasteiger partial charge in [-0.3, -0.25) is 0 Å². The number of anilines is 1. The Morgan fingerprint density at radius 1 is 1.14 bits per heavy atom. The van der Waals surface area contributed by atoms with E-state index < -0.39 is 6.36 Å². The second kappa shape index (κ2) is 6.21. The molecule has 4 nitrogen and oxygen atoms in total. The molecule has 0 fully saturated rings. The van der Waals surface area contributed by atoms with Gasteiger partial charge in [-0.15, -0.1) is 13.2 Å². The quantitative estimate of drug-likeness (QED) is 0.864. The van der Waals surface area contributed by atoms with Crippen molar-refractivity contribution in [1.82, 2.24) is 9.97 Å². The summed E-state index contributed by atoms with van der Waals surface area (Å²) >= 11 is 0. The SMILES string of the molecule is Cc1cc(N(C)Cc2cccc(OC(F)(F)F)c2)nc(C)n1. The summed E-state index contributed by atoms with van der Waals surface area (Å²) in [6.07, 6.45) is -4.69. The van der Waals surface area contributed by atoms with Crippen molar-refractivity contribution in [2.75, 3.05) is 11.9 Å². The van der Waals surface area contributed by atoms with Crippen LogP contribution < -0.4 is 9.64 Å². The van der Waals surface area contributed by atoms with E-state index in [4.69, 9.17) is 0 Å². The molecule has 0 aliphatic carbocycles. The van der Waals surface area contributed by atoms with Crippen molar-refractivity contribution in [2.24, 2.45) is 0 Å².